The lowest BCUT2D eigenvalue weighted by molar-refractivity contribution is -0.121. The van der Waals surface area contributed by atoms with Gasteiger partial charge in [0.05, 0.1) is 5.39 Å². The van der Waals surface area contributed by atoms with Gasteiger partial charge in [-0.05, 0) is 25.3 Å². The summed E-state index contributed by atoms with van der Waals surface area (Å²) in [5, 5.41) is 10.0. The predicted molar refractivity (Wildman–Crippen MR) is 122 cm³/mol. The second-order valence-corrected chi connectivity index (χ2v) is 8.22. The van der Waals surface area contributed by atoms with Gasteiger partial charge in [-0.15, -0.1) is 11.3 Å². The van der Waals surface area contributed by atoms with Crippen LogP contribution in [0.2, 0.25) is 0 Å². The van der Waals surface area contributed by atoms with Gasteiger partial charge >= 0.3 is 0 Å². The normalized spacial score (nSPS) is 10.7. The maximum Gasteiger partial charge on any atom is 0.220 e. The summed E-state index contributed by atoms with van der Waals surface area (Å²) in [6.07, 6.45) is 3.45. The van der Waals surface area contributed by atoms with Crippen LogP contribution in [0.3, 0.4) is 0 Å². The highest BCUT2D eigenvalue weighted by molar-refractivity contribution is 7.19. The Labute approximate surface area is 180 Å². The van der Waals surface area contributed by atoms with Gasteiger partial charge in [0.2, 0.25) is 11.8 Å². The SMILES string of the molecule is CC(=O)NCCCNC(=O)CCCNc1ncnc2sc(C)c(-c3ccccc3)c12. The third-order valence-corrected chi connectivity index (χ3v) is 5.66. The molecule has 8 heteroatoms. The number of fused-ring (bicyclic) bond motifs is 1. The van der Waals surface area contributed by atoms with Crippen LogP contribution in [0.4, 0.5) is 5.82 Å². The van der Waals surface area contributed by atoms with Crippen LogP contribution in [0.25, 0.3) is 21.3 Å². The minimum absolute atomic E-state index is 0.0174. The number of aryl methyl sites for hydroxylation is 1. The summed E-state index contributed by atoms with van der Waals surface area (Å²) in [5.74, 6) is 0.769. The van der Waals surface area contributed by atoms with Gasteiger partial charge < -0.3 is 16.0 Å². The maximum absolute atomic E-state index is 12.0. The van der Waals surface area contributed by atoms with Crippen LogP contribution in [0, 0.1) is 6.92 Å². The van der Waals surface area contributed by atoms with Gasteiger partial charge in [0.15, 0.2) is 0 Å². The minimum atomic E-state index is -0.0533. The Morgan fingerprint density at radius 1 is 1.00 bits per heavy atom. The number of nitrogens with zero attached hydrogens (tertiary/aromatic N) is 2. The lowest BCUT2D eigenvalue weighted by Gasteiger charge is -2.09. The van der Waals surface area contributed by atoms with Crippen molar-refractivity contribution in [1.82, 2.24) is 20.6 Å². The molecule has 0 bridgehead atoms. The van der Waals surface area contributed by atoms with Crippen LogP contribution in [-0.2, 0) is 9.59 Å². The van der Waals surface area contributed by atoms with Gasteiger partial charge in [-0.25, -0.2) is 9.97 Å². The summed E-state index contributed by atoms with van der Waals surface area (Å²) in [6.45, 7) is 5.37. The van der Waals surface area contributed by atoms with Crippen LogP contribution in [0.15, 0.2) is 36.7 Å². The molecular weight excluding hydrogens is 398 g/mol. The molecule has 3 rings (SSSR count). The van der Waals surface area contributed by atoms with E-state index < -0.39 is 0 Å². The largest absolute Gasteiger partial charge is 0.369 e. The molecule has 0 fully saturated rings. The molecule has 0 aliphatic rings. The van der Waals surface area contributed by atoms with E-state index in [9.17, 15) is 9.59 Å². The van der Waals surface area contributed by atoms with Gasteiger partial charge in [-0.2, -0.15) is 0 Å². The molecule has 1 aromatic carbocycles. The van der Waals surface area contributed by atoms with E-state index in [1.54, 1.807) is 17.7 Å². The highest BCUT2D eigenvalue weighted by Gasteiger charge is 2.16. The Bertz CT molecular complexity index is 1000. The summed E-state index contributed by atoms with van der Waals surface area (Å²) < 4.78 is 0. The Hall–Kier alpha value is -3.00. The number of carbonyl (C=O) groups is 2. The molecule has 0 saturated heterocycles. The zero-order valence-electron chi connectivity index (χ0n) is 17.3. The number of hydrogen-bond donors (Lipinski definition) is 3. The van der Waals surface area contributed by atoms with Crippen LogP contribution in [0.5, 0.6) is 0 Å². The van der Waals surface area contributed by atoms with Crippen molar-refractivity contribution in [2.24, 2.45) is 0 Å². The summed E-state index contributed by atoms with van der Waals surface area (Å²) in [7, 11) is 0. The highest BCUT2D eigenvalue weighted by Crippen LogP contribution is 2.40. The van der Waals surface area contributed by atoms with Crippen LogP contribution in [0.1, 0.15) is 31.1 Å². The number of nitrogens with one attached hydrogen (secondary N) is 3. The molecule has 0 radical (unpaired) electrons. The highest BCUT2D eigenvalue weighted by atomic mass is 32.1. The zero-order chi connectivity index (χ0) is 21.3. The van der Waals surface area contributed by atoms with Crippen molar-refractivity contribution < 1.29 is 9.59 Å². The maximum atomic E-state index is 12.0. The predicted octanol–water partition coefficient (Wildman–Crippen LogP) is 3.50. The third kappa shape index (κ3) is 5.76. The standard InChI is InChI=1S/C22H27N5O2S/c1-15-19(17-8-4-3-5-9-17)20-21(26-14-27-22(20)30-15)25-11-6-10-18(29)24-13-7-12-23-16(2)28/h3-5,8-9,14H,6-7,10-13H2,1-2H3,(H,23,28)(H,24,29)(H,25,26,27). The molecule has 2 aromatic heterocycles. The molecular formula is C22H27N5O2S. The van der Waals surface area contributed by atoms with Crippen LogP contribution >= 0.6 is 11.3 Å². The number of rotatable bonds is 10. The van der Waals surface area contributed by atoms with Crippen molar-refractivity contribution in [2.75, 3.05) is 25.0 Å². The molecule has 0 aliphatic carbocycles. The number of amides is 2. The van der Waals surface area contributed by atoms with Crippen molar-refractivity contribution in [3.63, 3.8) is 0 Å². The van der Waals surface area contributed by atoms with Gasteiger partial charge in [-0.1, -0.05) is 30.3 Å². The Morgan fingerprint density at radius 2 is 1.77 bits per heavy atom. The molecule has 3 N–H and O–H groups in total. The van der Waals surface area contributed by atoms with Crippen molar-refractivity contribution in [1.29, 1.82) is 0 Å². The van der Waals surface area contributed by atoms with Gasteiger partial charge in [0.1, 0.15) is 17.0 Å². The van der Waals surface area contributed by atoms with Crippen LogP contribution in [-0.4, -0.2) is 41.4 Å². The molecule has 0 unspecified atom stereocenters. The first-order valence-corrected chi connectivity index (χ1v) is 10.9. The van der Waals surface area contributed by atoms with Crippen molar-refractivity contribution in [3.8, 4) is 11.1 Å². The lowest BCUT2D eigenvalue weighted by Crippen LogP contribution is -2.28. The molecule has 30 heavy (non-hydrogen) atoms. The second kappa shape index (κ2) is 10.7. The monoisotopic (exact) mass is 425 g/mol. The van der Waals surface area contributed by atoms with E-state index in [0.717, 1.165) is 33.6 Å². The smallest absolute Gasteiger partial charge is 0.220 e. The van der Waals surface area contributed by atoms with E-state index in [4.69, 9.17) is 0 Å². The fourth-order valence-electron chi connectivity index (χ4n) is 3.26. The Morgan fingerprint density at radius 3 is 2.53 bits per heavy atom. The summed E-state index contributed by atoms with van der Waals surface area (Å²) in [6, 6.07) is 10.3. The summed E-state index contributed by atoms with van der Waals surface area (Å²) >= 11 is 1.67. The molecule has 2 heterocycles. The fourth-order valence-corrected chi connectivity index (χ4v) is 4.27. The van der Waals surface area contributed by atoms with Crippen LogP contribution < -0.4 is 16.0 Å². The number of aromatic nitrogens is 2. The Balaban J connectivity index is 1.54. The number of thiophene rings is 1. The average Bonchev–Trinajstić information content (AvgIpc) is 3.08. The number of benzene rings is 1. The zero-order valence-corrected chi connectivity index (χ0v) is 18.1. The molecule has 158 valence electrons. The van der Waals surface area contributed by atoms with E-state index in [-0.39, 0.29) is 11.8 Å². The third-order valence-electron chi connectivity index (χ3n) is 4.65. The summed E-state index contributed by atoms with van der Waals surface area (Å²) in [4.78, 5) is 33.8. The Kier molecular flexibility index (Phi) is 7.73. The first kappa shape index (κ1) is 21.7. The van der Waals surface area contributed by atoms with E-state index in [1.807, 2.05) is 18.2 Å². The topological polar surface area (TPSA) is 96.0 Å². The molecule has 7 nitrogen and oxygen atoms in total. The quantitative estimate of drug-likeness (QED) is 0.432. The number of anilines is 1. The van der Waals surface area contributed by atoms with E-state index >= 15 is 0 Å². The molecule has 0 spiro atoms. The average molecular weight is 426 g/mol. The van der Waals surface area contributed by atoms with E-state index in [2.05, 4.69) is 45.0 Å². The van der Waals surface area contributed by atoms with Crippen molar-refractivity contribution in [3.05, 3.63) is 41.5 Å². The fraction of sp³-hybridized carbons (Fsp3) is 0.364. The first-order chi connectivity index (χ1) is 14.6. The molecule has 0 atom stereocenters. The summed E-state index contributed by atoms with van der Waals surface area (Å²) in [5.41, 5.74) is 2.31. The minimum Gasteiger partial charge on any atom is -0.369 e. The van der Waals surface area contributed by atoms with Crippen molar-refractivity contribution >= 4 is 39.2 Å². The number of hydrogen-bond acceptors (Lipinski definition) is 6. The molecule has 3 aromatic rings. The van der Waals surface area contributed by atoms with Gasteiger partial charge in [-0.3, -0.25) is 9.59 Å². The molecule has 0 saturated carbocycles. The lowest BCUT2D eigenvalue weighted by atomic mass is 10.0. The van der Waals surface area contributed by atoms with E-state index in [0.29, 0.717) is 32.5 Å². The van der Waals surface area contributed by atoms with Crippen molar-refractivity contribution in [2.45, 2.75) is 33.1 Å². The second-order valence-electron chi connectivity index (χ2n) is 7.02. The van der Waals surface area contributed by atoms with Gasteiger partial charge in [0, 0.05) is 43.4 Å². The number of carbonyl (C=O) groups excluding carboxylic acids is 2. The first-order valence-electron chi connectivity index (χ1n) is 10.1. The van der Waals surface area contributed by atoms with E-state index in [1.165, 1.54) is 11.8 Å². The molecule has 2 amide bonds. The van der Waals surface area contributed by atoms with Gasteiger partial charge in [0.25, 0.3) is 0 Å². The molecule has 0 aliphatic heterocycles.